The van der Waals surface area contributed by atoms with Crippen LogP contribution in [0.25, 0.3) is 0 Å². The lowest BCUT2D eigenvalue weighted by Gasteiger charge is -2.33. The Morgan fingerprint density at radius 1 is 1.31 bits per heavy atom. The Morgan fingerprint density at radius 3 is 2.62 bits per heavy atom. The fourth-order valence-electron chi connectivity index (χ4n) is 3.07. The highest BCUT2D eigenvalue weighted by molar-refractivity contribution is 14.0. The molecule has 1 aliphatic heterocycles. The van der Waals surface area contributed by atoms with Crippen LogP contribution in [-0.4, -0.2) is 67.5 Å². The molecule has 146 valence electrons. The number of aliphatic imine (C=N–C) groups is 1. The minimum atomic E-state index is 0. The molecule has 26 heavy (non-hydrogen) atoms. The Balaban J connectivity index is 0.00000243. The number of carbonyl (C=O) groups is 1. The van der Waals surface area contributed by atoms with Crippen molar-refractivity contribution in [2.24, 2.45) is 4.99 Å². The zero-order chi connectivity index (χ0) is 17.6. The number of nitrogens with one attached hydrogen (secondary N) is 2. The Morgan fingerprint density at radius 2 is 2.04 bits per heavy atom. The summed E-state index contributed by atoms with van der Waals surface area (Å²) in [6.07, 6.45) is 5.02. The molecule has 1 aromatic rings. The van der Waals surface area contributed by atoms with E-state index in [0.29, 0.717) is 6.04 Å². The van der Waals surface area contributed by atoms with E-state index in [-0.39, 0.29) is 36.4 Å². The van der Waals surface area contributed by atoms with Gasteiger partial charge in [-0.3, -0.25) is 4.79 Å². The molecule has 0 unspecified atom stereocenters. The summed E-state index contributed by atoms with van der Waals surface area (Å²) in [5.74, 6) is 0.759. The molecule has 0 spiro atoms. The van der Waals surface area contributed by atoms with Crippen molar-refractivity contribution in [2.45, 2.75) is 44.3 Å². The number of hydrogen-bond acceptors (Lipinski definition) is 4. The molecule has 1 aliphatic carbocycles. The van der Waals surface area contributed by atoms with E-state index in [1.807, 2.05) is 0 Å². The van der Waals surface area contributed by atoms with Gasteiger partial charge >= 0.3 is 0 Å². The van der Waals surface area contributed by atoms with Crippen LogP contribution in [0.2, 0.25) is 0 Å². The highest BCUT2D eigenvalue weighted by Gasteiger charge is 2.31. The lowest BCUT2D eigenvalue weighted by molar-refractivity contribution is -0.127. The minimum Gasteiger partial charge on any atom is -0.354 e. The molecule has 0 atom stereocenters. The van der Waals surface area contributed by atoms with Crippen molar-refractivity contribution in [3.8, 4) is 0 Å². The molecule has 0 radical (unpaired) electrons. The Labute approximate surface area is 177 Å². The molecule has 2 aliphatic rings. The van der Waals surface area contributed by atoms with Gasteiger partial charge in [-0.2, -0.15) is 0 Å². The first-order chi connectivity index (χ1) is 12.1. The van der Waals surface area contributed by atoms with Gasteiger partial charge in [0.05, 0.1) is 6.54 Å². The van der Waals surface area contributed by atoms with Crippen LogP contribution in [0.5, 0.6) is 0 Å². The topological polar surface area (TPSA) is 60.0 Å². The van der Waals surface area contributed by atoms with Gasteiger partial charge in [-0.05, 0) is 37.1 Å². The van der Waals surface area contributed by atoms with Gasteiger partial charge in [0.2, 0.25) is 5.91 Å². The van der Waals surface area contributed by atoms with E-state index in [1.165, 1.54) is 17.7 Å². The molecule has 3 rings (SSSR count). The van der Waals surface area contributed by atoms with Gasteiger partial charge in [-0.15, -0.1) is 35.3 Å². The lowest BCUT2D eigenvalue weighted by atomic mass is 10.1. The second-order valence-electron chi connectivity index (χ2n) is 7.07. The van der Waals surface area contributed by atoms with Gasteiger partial charge in [-0.25, -0.2) is 4.99 Å². The number of hydrogen-bond donors (Lipinski definition) is 2. The molecule has 2 fully saturated rings. The fraction of sp³-hybridized carbons (Fsp3) is 0.667. The van der Waals surface area contributed by atoms with E-state index in [1.54, 1.807) is 30.3 Å². The normalized spacial score (nSPS) is 18.9. The van der Waals surface area contributed by atoms with Crippen molar-refractivity contribution in [1.82, 2.24) is 20.4 Å². The number of nitrogens with zero attached hydrogens (tertiary/aromatic N) is 3. The van der Waals surface area contributed by atoms with Gasteiger partial charge < -0.3 is 20.4 Å². The summed E-state index contributed by atoms with van der Waals surface area (Å²) in [6, 6.07) is 5.44. The second-order valence-corrected chi connectivity index (χ2v) is 8.10. The number of rotatable bonds is 6. The third-order valence-electron chi connectivity index (χ3n) is 4.82. The molecule has 6 nitrogen and oxygen atoms in total. The predicted molar refractivity (Wildman–Crippen MR) is 118 cm³/mol. The molecular weight excluding hydrogens is 461 g/mol. The van der Waals surface area contributed by atoms with Crippen molar-refractivity contribution < 1.29 is 4.79 Å². The van der Waals surface area contributed by atoms with Crippen LogP contribution in [0.15, 0.2) is 22.5 Å². The maximum absolute atomic E-state index is 11.9. The van der Waals surface area contributed by atoms with Crippen LogP contribution in [0.4, 0.5) is 0 Å². The smallest absolute Gasteiger partial charge is 0.243 e. The Kier molecular flexibility index (Phi) is 8.62. The molecule has 0 bridgehead atoms. The number of likely N-dealkylation sites (tertiary alicyclic amines) is 1. The molecular formula is C18H30IN5OS. The number of piperidine rings is 1. The maximum Gasteiger partial charge on any atom is 0.243 e. The molecule has 1 saturated carbocycles. The minimum absolute atomic E-state index is 0. The highest BCUT2D eigenvalue weighted by atomic mass is 127. The number of halogens is 1. The van der Waals surface area contributed by atoms with Gasteiger partial charge in [0.1, 0.15) is 6.54 Å². The molecule has 0 aromatic carbocycles. The summed E-state index contributed by atoms with van der Waals surface area (Å²) in [5.41, 5.74) is 0. The van der Waals surface area contributed by atoms with E-state index in [4.69, 9.17) is 0 Å². The molecule has 8 heteroatoms. The zero-order valence-corrected chi connectivity index (χ0v) is 18.8. The van der Waals surface area contributed by atoms with Crippen LogP contribution in [-0.2, 0) is 11.3 Å². The van der Waals surface area contributed by atoms with E-state index in [2.05, 4.69) is 38.0 Å². The largest absolute Gasteiger partial charge is 0.354 e. The van der Waals surface area contributed by atoms with Crippen LogP contribution < -0.4 is 10.6 Å². The van der Waals surface area contributed by atoms with Gasteiger partial charge in [0.25, 0.3) is 0 Å². The van der Waals surface area contributed by atoms with E-state index >= 15 is 0 Å². The summed E-state index contributed by atoms with van der Waals surface area (Å²) in [6.45, 7) is 3.24. The summed E-state index contributed by atoms with van der Waals surface area (Å²) in [4.78, 5) is 21.8. The van der Waals surface area contributed by atoms with Crippen molar-refractivity contribution >= 4 is 47.2 Å². The number of carbonyl (C=O) groups excluding carboxylic acids is 1. The molecule has 2 heterocycles. The predicted octanol–water partition coefficient (Wildman–Crippen LogP) is 2.12. The van der Waals surface area contributed by atoms with Crippen LogP contribution in [0, 0.1) is 0 Å². The van der Waals surface area contributed by atoms with E-state index in [9.17, 15) is 4.79 Å². The molecule has 1 aromatic heterocycles. The van der Waals surface area contributed by atoms with Crippen molar-refractivity contribution in [3.05, 3.63) is 22.4 Å². The van der Waals surface area contributed by atoms with Crippen LogP contribution in [0.3, 0.4) is 0 Å². The van der Waals surface area contributed by atoms with E-state index in [0.717, 1.165) is 44.5 Å². The average molecular weight is 491 g/mol. The van der Waals surface area contributed by atoms with Gasteiger partial charge in [0.15, 0.2) is 5.96 Å². The van der Waals surface area contributed by atoms with Crippen molar-refractivity contribution in [1.29, 1.82) is 0 Å². The fourth-order valence-corrected chi connectivity index (χ4v) is 3.71. The monoisotopic (exact) mass is 491 g/mol. The second kappa shape index (κ2) is 10.5. The highest BCUT2D eigenvalue weighted by Crippen LogP contribution is 2.29. The number of guanidine groups is 1. The molecule has 1 amide bonds. The summed E-state index contributed by atoms with van der Waals surface area (Å²) in [7, 11) is 3.52. The lowest BCUT2D eigenvalue weighted by Crippen LogP contribution is -2.49. The van der Waals surface area contributed by atoms with E-state index < -0.39 is 0 Å². The maximum atomic E-state index is 11.9. The molecule has 2 N–H and O–H groups in total. The summed E-state index contributed by atoms with van der Waals surface area (Å²) < 4.78 is 0. The van der Waals surface area contributed by atoms with Crippen molar-refractivity contribution in [2.75, 3.05) is 33.7 Å². The Bertz CT molecular complexity index is 580. The number of likely N-dealkylation sites (N-methyl/N-ethyl adjacent to an activating group) is 1. The first-order valence-corrected chi connectivity index (χ1v) is 10.0. The van der Waals surface area contributed by atoms with Crippen LogP contribution in [0.1, 0.15) is 30.6 Å². The Hall–Kier alpha value is -0.870. The standard InChI is InChI=1S/C18H29N5OS.HI/c1-22(2)17(24)13-20-18(19-12-16-4-3-11-25-16)21-14-7-9-23(10-8-14)15-5-6-15;/h3-4,11,14-15H,5-10,12-13H2,1-2H3,(H2,19,20,21);1H. The number of thiophene rings is 1. The third-order valence-corrected chi connectivity index (χ3v) is 5.69. The molecule has 1 saturated heterocycles. The zero-order valence-electron chi connectivity index (χ0n) is 15.6. The summed E-state index contributed by atoms with van der Waals surface area (Å²) in [5, 5.41) is 8.99. The first kappa shape index (κ1) is 21.4. The van der Waals surface area contributed by atoms with Crippen LogP contribution >= 0.6 is 35.3 Å². The van der Waals surface area contributed by atoms with Crippen molar-refractivity contribution in [3.63, 3.8) is 0 Å². The SMILES string of the molecule is CN(C)C(=O)CN=C(NCc1cccs1)NC1CCN(C2CC2)CC1.I. The summed E-state index contributed by atoms with van der Waals surface area (Å²) >= 11 is 1.72. The van der Waals surface area contributed by atoms with Gasteiger partial charge in [0, 0.05) is 44.1 Å². The first-order valence-electron chi connectivity index (χ1n) is 9.13. The number of amides is 1. The van der Waals surface area contributed by atoms with Gasteiger partial charge in [-0.1, -0.05) is 6.07 Å². The quantitative estimate of drug-likeness (QED) is 0.364. The third kappa shape index (κ3) is 6.70. The average Bonchev–Trinajstić information content (AvgIpc) is 3.33.